The summed E-state index contributed by atoms with van der Waals surface area (Å²) in [4.78, 5) is 25.0. The number of carbonyl (C=O) groups excluding carboxylic acids is 1. The maximum Gasteiger partial charge on any atom is 0.376 e. The van der Waals surface area contributed by atoms with Crippen LogP contribution in [0.4, 0.5) is 0 Å². The van der Waals surface area contributed by atoms with Gasteiger partial charge in [-0.15, -0.1) is 5.10 Å². The Balaban J connectivity index is 2.66. The number of nitrogens with zero attached hydrogens (tertiary/aromatic N) is 2. The molecule has 0 aromatic carbocycles. The number of aromatic amines is 1. The molecule has 0 fully saturated rings. The average molecular weight is 227 g/mol. The number of nitrogens with one attached hydrogen (secondary N) is 1. The van der Waals surface area contributed by atoms with E-state index in [9.17, 15) is 9.59 Å². The summed E-state index contributed by atoms with van der Waals surface area (Å²) in [6.07, 6.45) is 2.99. The quantitative estimate of drug-likeness (QED) is 0.579. The molecule has 0 spiro atoms. The van der Waals surface area contributed by atoms with E-state index < -0.39 is 5.97 Å². The van der Waals surface area contributed by atoms with Crippen molar-refractivity contribution < 1.29 is 9.53 Å². The standard InChI is InChI=1S/C10H17N3O3/c1-3-5-6-7-13-10(15)11-8(12-13)9(14)16-4-2/h3-7H2,1-2H3,(H,11,12,15). The number of hydrogen-bond acceptors (Lipinski definition) is 4. The van der Waals surface area contributed by atoms with Gasteiger partial charge < -0.3 is 4.74 Å². The van der Waals surface area contributed by atoms with Crippen molar-refractivity contribution in [1.29, 1.82) is 0 Å². The summed E-state index contributed by atoms with van der Waals surface area (Å²) in [5, 5.41) is 3.87. The lowest BCUT2D eigenvalue weighted by molar-refractivity contribution is 0.0511. The van der Waals surface area contributed by atoms with Crippen LogP contribution in [0.3, 0.4) is 0 Å². The molecule has 6 nitrogen and oxygen atoms in total. The van der Waals surface area contributed by atoms with Crippen LogP contribution < -0.4 is 5.69 Å². The SMILES string of the molecule is CCCCCn1nc(C(=O)OCC)[nH]c1=O. The highest BCUT2D eigenvalue weighted by Crippen LogP contribution is 1.96. The van der Waals surface area contributed by atoms with Gasteiger partial charge >= 0.3 is 11.7 Å². The summed E-state index contributed by atoms with van der Waals surface area (Å²) in [6, 6.07) is 0. The molecule has 0 aliphatic carbocycles. The van der Waals surface area contributed by atoms with Crippen molar-refractivity contribution in [1.82, 2.24) is 14.8 Å². The van der Waals surface area contributed by atoms with E-state index in [2.05, 4.69) is 17.0 Å². The Morgan fingerprint density at radius 2 is 2.19 bits per heavy atom. The summed E-state index contributed by atoms with van der Waals surface area (Å²) in [6.45, 7) is 4.58. The Morgan fingerprint density at radius 3 is 2.81 bits per heavy atom. The molecule has 0 radical (unpaired) electrons. The van der Waals surface area contributed by atoms with E-state index >= 15 is 0 Å². The molecular formula is C10H17N3O3. The zero-order valence-electron chi connectivity index (χ0n) is 9.65. The third-order valence-electron chi connectivity index (χ3n) is 2.12. The predicted molar refractivity (Wildman–Crippen MR) is 58.3 cm³/mol. The van der Waals surface area contributed by atoms with Gasteiger partial charge in [0.15, 0.2) is 0 Å². The zero-order valence-corrected chi connectivity index (χ0v) is 9.65. The molecule has 6 heteroatoms. The Hall–Kier alpha value is -1.59. The van der Waals surface area contributed by atoms with Gasteiger partial charge in [-0.05, 0) is 13.3 Å². The van der Waals surface area contributed by atoms with Crippen LogP contribution in [-0.4, -0.2) is 27.3 Å². The molecule has 0 amide bonds. The maximum absolute atomic E-state index is 11.4. The molecule has 0 saturated carbocycles. The van der Waals surface area contributed by atoms with Gasteiger partial charge in [0.1, 0.15) is 0 Å². The highest BCUT2D eigenvalue weighted by molar-refractivity contribution is 5.84. The molecule has 90 valence electrons. The zero-order chi connectivity index (χ0) is 12.0. The van der Waals surface area contributed by atoms with Crippen LogP contribution in [0.1, 0.15) is 43.7 Å². The van der Waals surface area contributed by atoms with Gasteiger partial charge in [0, 0.05) is 6.54 Å². The number of carbonyl (C=O) groups is 1. The normalized spacial score (nSPS) is 10.4. The van der Waals surface area contributed by atoms with Gasteiger partial charge in [-0.1, -0.05) is 19.8 Å². The number of hydrogen-bond donors (Lipinski definition) is 1. The molecule has 0 aliphatic heterocycles. The minimum absolute atomic E-state index is 0.0247. The molecule has 0 atom stereocenters. The first-order valence-corrected chi connectivity index (χ1v) is 5.53. The molecule has 0 bridgehead atoms. The molecule has 1 N–H and O–H groups in total. The lowest BCUT2D eigenvalue weighted by Gasteiger charge is -1.97. The van der Waals surface area contributed by atoms with Crippen LogP contribution in [0.25, 0.3) is 0 Å². The Labute approximate surface area is 93.6 Å². The van der Waals surface area contributed by atoms with Gasteiger partial charge in [0.2, 0.25) is 5.82 Å². The van der Waals surface area contributed by atoms with Crippen LogP contribution in [0.2, 0.25) is 0 Å². The Morgan fingerprint density at radius 1 is 1.44 bits per heavy atom. The number of rotatable bonds is 6. The second kappa shape index (κ2) is 6.09. The maximum atomic E-state index is 11.4. The second-order valence-electron chi connectivity index (χ2n) is 3.43. The number of aryl methyl sites for hydroxylation is 1. The summed E-state index contributed by atoms with van der Waals surface area (Å²) in [7, 11) is 0. The monoisotopic (exact) mass is 227 g/mol. The van der Waals surface area contributed by atoms with E-state index in [0.29, 0.717) is 6.54 Å². The van der Waals surface area contributed by atoms with Gasteiger partial charge in [-0.3, -0.25) is 4.98 Å². The highest BCUT2D eigenvalue weighted by Gasteiger charge is 2.13. The summed E-state index contributed by atoms with van der Waals surface area (Å²) < 4.78 is 6.00. The number of aromatic nitrogens is 3. The van der Waals surface area contributed by atoms with Crippen molar-refractivity contribution in [2.24, 2.45) is 0 Å². The van der Waals surface area contributed by atoms with E-state index in [0.717, 1.165) is 19.3 Å². The van der Waals surface area contributed by atoms with Crippen molar-refractivity contribution in [2.45, 2.75) is 39.7 Å². The van der Waals surface area contributed by atoms with Crippen LogP contribution in [0.5, 0.6) is 0 Å². The molecule has 1 rings (SSSR count). The van der Waals surface area contributed by atoms with Gasteiger partial charge in [0.05, 0.1) is 6.61 Å². The van der Waals surface area contributed by atoms with E-state index in [-0.39, 0.29) is 18.1 Å². The van der Waals surface area contributed by atoms with Gasteiger partial charge in [-0.2, -0.15) is 0 Å². The minimum Gasteiger partial charge on any atom is -0.460 e. The smallest absolute Gasteiger partial charge is 0.376 e. The number of ether oxygens (including phenoxy) is 1. The summed E-state index contributed by atoms with van der Waals surface area (Å²) in [5.74, 6) is -0.614. The third-order valence-corrected chi connectivity index (χ3v) is 2.12. The minimum atomic E-state index is -0.589. The van der Waals surface area contributed by atoms with Crippen LogP contribution in [0, 0.1) is 0 Å². The van der Waals surface area contributed by atoms with Crippen LogP contribution in [-0.2, 0) is 11.3 Å². The van der Waals surface area contributed by atoms with Crippen molar-refractivity contribution >= 4 is 5.97 Å². The number of unbranched alkanes of at least 4 members (excludes halogenated alkanes) is 2. The van der Waals surface area contributed by atoms with Crippen molar-refractivity contribution in [2.75, 3.05) is 6.61 Å². The van der Waals surface area contributed by atoms with Gasteiger partial charge in [-0.25, -0.2) is 14.3 Å². The Kier molecular flexibility index (Phi) is 4.75. The fourth-order valence-corrected chi connectivity index (χ4v) is 1.31. The lowest BCUT2D eigenvalue weighted by Crippen LogP contribution is -2.17. The fraction of sp³-hybridized carbons (Fsp3) is 0.700. The first-order valence-electron chi connectivity index (χ1n) is 5.53. The molecule has 0 saturated heterocycles. The molecule has 16 heavy (non-hydrogen) atoms. The average Bonchev–Trinajstić information content (AvgIpc) is 2.61. The van der Waals surface area contributed by atoms with Crippen molar-refractivity contribution in [3.63, 3.8) is 0 Å². The van der Waals surface area contributed by atoms with Crippen LogP contribution >= 0.6 is 0 Å². The van der Waals surface area contributed by atoms with Gasteiger partial charge in [0.25, 0.3) is 0 Å². The molecule has 1 aromatic rings. The molecule has 0 unspecified atom stereocenters. The Bertz CT molecular complexity index is 394. The van der Waals surface area contributed by atoms with Crippen molar-refractivity contribution in [3.05, 3.63) is 16.3 Å². The first kappa shape index (κ1) is 12.5. The van der Waals surface area contributed by atoms with E-state index in [4.69, 9.17) is 4.74 Å². The van der Waals surface area contributed by atoms with Crippen LogP contribution in [0.15, 0.2) is 4.79 Å². The second-order valence-corrected chi connectivity index (χ2v) is 3.43. The molecular weight excluding hydrogens is 210 g/mol. The topological polar surface area (TPSA) is 77.0 Å². The fourth-order valence-electron chi connectivity index (χ4n) is 1.31. The molecule has 1 heterocycles. The largest absolute Gasteiger partial charge is 0.460 e. The predicted octanol–water partition coefficient (Wildman–Crippen LogP) is 0.938. The molecule has 1 aromatic heterocycles. The lowest BCUT2D eigenvalue weighted by atomic mass is 10.2. The number of esters is 1. The van der Waals surface area contributed by atoms with E-state index in [1.165, 1.54) is 4.68 Å². The first-order chi connectivity index (χ1) is 7.69. The van der Waals surface area contributed by atoms with E-state index in [1.807, 2.05) is 0 Å². The third kappa shape index (κ3) is 3.22. The highest BCUT2D eigenvalue weighted by atomic mass is 16.5. The van der Waals surface area contributed by atoms with Crippen molar-refractivity contribution in [3.8, 4) is 0 Å². The molecule has 0 aliphatic rings. The summed E-state index contributed by atoms with van der Waals surface area (Å²) in [5.41, 5.74) is -0.362. The summed E-state index contributed by atoms with van der Waals surface area (Å²) >= 11 is 0. The number of H-pyrrole nitrogens is 1. The van der Waals surface area contributed by atoms with E-state index in [1.54, 1.807) is 6.92 Å².